The van der Waals surface area contributed by atoms with E-state index >= 15 is 0 Å². The van der Waals surface area contributed by atoms with Crippen molar-refractivity contribution in [2.45, 2.75) is 6.42 Å². The van der Waals surface area contributed by atoms with Gasteiger partial charge in [-0.25, -0.2) is 0 Å². The highest BCUT2D eigenvalue weighted by Crippen LogP contribution is 2.19. The van der Waals surface area contributed by atoms with Gasteiger partial charge in [0, 0.05) is 21.2 Å². The van der Waals surface area contributed by atoms with Crippen LogP contribution in [0.1, 0.15) is 4.88 Å². The Bertz CT molecular complexity index is 231. The van der Waals surface area contributed by atoms with Crippen molar-refractivity contribution in [3.63, 3.8) is 0 Å². The molecule has 1 heterocycles. The Balaban J connectivity index is 2.76. The average Bonchev–Trinajstić information content (AvgIpc) is 2.17. The van der Waals surface area contributed by atoms with Crippen molar-refractivity contribution < 1.29 is 0 Å². The number of terminal acetylenes is 1. The molecule has 0 atom stereocenters. The first-order valence-electron chi connectivity index (χ1n) is 2.49. The summed E-state index contributed by atoms with van der Waals surface area (Å²) in [6, 6.07) is 2.05. The molecule has 0 aliphatic carbocycles. The summed E-state index contributed by atoms with van der Waals surface area (Å²) < 4.78 is 1.12. The fourth-order valence-corrected chi connectivity index (χ4v) is 1.95. The van der Waals surface area contributed by atoms with Crippen molar-refractivity contribution in [2.75, 3.05) is 0 Å². The van der Waals surface area contributed by atoms with E-state index in [1.54, 1.807) is 11.3 Å². The smallest absolute Gasteiger partial charge is 0.0432 e. The maximum Gasteiger partial charge on any atom is 0.0432 e. The minimum Gasteiger partial charge on any atom is -0.147 e. The van der Waals surface area contributed by atoms with Gasteiger partial charge in [0.25, 0.3) is 0 Å². The zero-order valence-electron chi connectivity index (χ0n) is 4.73. The van der Waals surface area contributed by atoms with Gasteiger partial charge in [-0.05, 0) is 22.0 Å². The van der Waals surface area contributed by atoms with Crippen LogP contribution in [0.4, 0.5) is 0 Å². The van der Waals surface area contributed by atoms with Crippen LogP contribution in [0.2, 0.25) is 0 Å². The molecule has 46 valence electrons. The molecule has 0 saturated heterocycles. The lowest BCUT2D eigenvalue weighted by Crippen LogP contribution is -1.68. The molecule has 1 aromatic heterocycles. The minimum absolute atomic E-state index is 0.746. The van der Waals surface area contributed by atoms with E-state index < -0.39 is 0 Å². The van der Waals surface area contributed by atoms with Gasteiger partial charge in [-0.2, -0.15) is 0 Å². The van der Waals surface area contributed by atoms with Gasteiger partial charge in [0.15, 0.2) is 0 Å². The molecule has 0 aliphatic rings. The second kappa shape index (κ2) is 3.05. The summed E-state index contributed by atoms with van der Waals surface area (Å²) in [5.41, 5.74) is 0. The Hall–Kier alpha value is -0.260. The van der Waals surface area contributed by atoms with Crippen molar-refractivity contribution in [1.29, 1.82) is 0 Å². The molecular weight excluding hydrogens is 196 g/mol. The maximum absolute atomic E-state index is 5.11. The van der Waals surface area contributed by atoms with Crippen LogP contribution in [-0.2, 0) is 6.42 Å². The number of hydrogen-bond donors (Lipinski definition) is 0. The lowest BCUT2D eigenvalue weighted by Gasteiger charge is -1.79. The fraction of sp³-hybridized carbons (Fsp3) is 0.143. The third-order valence-electron chi connectivity index (χ3n) is 0.898. The summed E-state index contributed by atoms with van der Waals surface area (Å²) in [4.78, 5) is 1.24. The monoisotopic (exact) mass is 200 g/mol. The predicted molar refractivity (Wildman–Crippen MR) is 44.6 cm³/mol. The largest absolute Gasteiger partial charge is 0.147 e. The van der Waals surface area contributed by atoms with Crippen molar-refractivity contribution >= 4 is 27.3 Å². The summed E-state index contributed by atoms with van der Waals surface area (Å²) in [6.45, 7) is 0. The summed E-state index contributed by atoms with van der Waals surface area (Å²) in [6.07, 6.45) is 5.86. The summed E-state index contributed by atoms with van der Waals surface area (Å²) in [5, 5.41) is 2.03. The molecule has 0 N–H and O–H groups in total. The van der Waals surface area contributed by atoms with Crippen LogP contribution in [-0.4, -0.2) is 0 Å². The molecule has 0 fully saturated rings. The van der Waals surface area contributed by atoms with Crippen LogP contribution in [0.25, 0.3) is 0 Å². The minimum atomic E-state index is 0.746. The number of thiophene rings is 1. The van der Waals surface area contributed by atoms with Gasteiger partial charge in [0.1, 0.15) is 0 Å². The van der Waals surface area contributed by atoms with Gasteiger partial charge in [0.05, 0.1) is 0 Å². The highest BCUT2D eigenvalue weighted by atomic mass is 79.9. The molecular formula is C7H5BrS. The zero-order valence-corrected chi connectivity index (χ0v) is 7.13. The quantitative estimate of drug-likeness (QED) is 0.612. The van der Waals surface area contributed by atoms with Gasteiger partial charge in [-0.3, -0.25) is 0 Å². The highest BCUT2D eigenvalue weighted by Gasteiger charge is 1.92. The molecule has 0 unspecified atom stereocenters. The molecule has 0 spiro atoms. The van der Waals surface area contributed by atoms with Crippen LogP contribution in [0.15, 0.2) is 15.9 Å². The second-order valence-corrected chi connectivity index (χ2v) is 3.52. The Morgan fingerprint density at radius 1 is 1.78 bits per heavy atom. The third-order valence-corrected chi connectivity index (χ3v) is 2.60. The molecule has 0 aromatic carbocycles. The topological polar surface area (TPSA) is 0 Å². The van der Waals surface area contributed by atoms with Gasteiger partial charge in [-0.15, -0.1) is 23.7 Å². The molecule has 1 aromatic rings. The Morgan fingerprint density at radius 2 is 2.56 bits per heavy atom. The zero-order chi connectivity index (χ0) is 6.69. The maximum atomic E-state index is 5.11. The SMILES string of the molecule is C#CCc1cc(Br)cs1. The van der Waals surface area contributed by atoms with E-state index in [1.807, 2.05) is 11.4 Å². The predicted octanol–water partition coefficient (Wildman–Crippen LogP) is 2.69. The van der Waals surface area contributed by atoms with Crippen LogP contribution >= 0.6 is 27.3 Å². The Kier molecular flexibility index (Phi) is 2.32. The lowest BCUT2D eigenvalue weighted by atomic mass is 10.4. The van der Waals surface area contributed by atoms with Gasteiger partial charge in [0.2, 0.25) is 0 Å². The number of hydrogen-bond acceptors (Lipinski definition) is 1. The molecule has 0 radical (unpaired) electrons. The molecule has 1 rings (SSSR count). The summed E-state index contributed by atoms with van der Waals surface area (Å²) in [5.74, 6) is 2.59. The van der Waals surface area contributed by atoms with Gasteiger partial charge >= 0.3 is 0 Å². The number of rotatable bonds is 1. The van der Waals surface area contributed by atoms with Crippen molar-refractivity contribution in [1.82, 2.24) is 0 Å². The Morgan fingerprint density at radius 3 is 3.00 bits per heavy atom. The number of halogens is 1. The van der Waals surface area contributed by atoms with Crippen molar-refractivity contribution in [2.24, 2.45) is 0 Å². The summed E-state index contributed by atoms with van der Waals surface area (Å²) in [7, 11) is 0. The van der Waals surface area contributed by atoms with E-state index in [9.17, 15) is 0 Å². The molecule has 0 bridgehead atoms. The Labute approximate surface area is 67.0 Å². The molecule has 0 amide bonds. The standard InChI is InChI=1S/C7H5BrS/c1-2-3-7-4-6(8)5-9-7/h1,4-5H,3H2. The first-order chi connectivity index (χ1) is 4.33. The lowest BCUT2D eigenvalue weighted by molar-refractivity contribution is 1.41. The van der Waals surface area contributed by atoms with Crippen molar-refractivity contribution in [3.05, 3.63) is 20.8 Å². The molecule has 0 aliphatic heterocycles. The molecule has 2 heteroatoms. The molecule has 9 heavy (non-hydrogen) atoms. The summed E-state index contributed by atoms with van der Waals surface area (Å²) >= 11 is 5.03. The van der Waals surface area contributed by atoms with Crippen LogP contribution < -0.4 is 0 Å². The van der Waals surface area contributed by atoms with E-state index in [1.165, 1.54) is 4.88 Å². The normalized spacial score (nSPS) is 8.89. The van der Waals surface area contributed by atoms with Crippen LogP contribution in [0.5, 0.6) is 0 Å². The van der Waals surface area contributed by atoms with E-state index in [2.05, 4.69) is 21.9 Å². The third kappa shape index (κ3) is 1.85. The first kappa shape index (κ1) is 6.85. The van der Waals surface area contributed by atoms with E-state index in [0.717, 1.165) is 10.9 Å². The first-order valence-corrected chi connectivity index (χ1v) is 4.16. The average molecular weight is 201 g/mol. The van der Waals surface area contributed by atoms with E-state index in [4.69, 9.17) is 6.42 Å². The van der Waals surface area contributed by atoms with E-state index in [-0.39, 0.29) is 0 Å². The second-order valence-electron chi connectivity index (χ2n) is 1.61. The molecule has 0 saturated carbocycles. The van der Waals surface area contributed by atoms with E-state index in [0.29, 0.717) is 0 Å². The fourth-order valence-electron chi connectivity index (χ4n) is 0.547. The van der Waals surface area contributed by atoms with Crippen molar-refractivity contribution in [3.8, 4) is 12.3 Å². The van der Waals surface area contributed by atoms with Gasteiger partial charge in [-0.1, -0.05) is 0 Å². The van der Waals surface area contributed by atoms with Gasteiger partial charge < -0.3 is 0 Å². The highest BCUT2D eigenvalue weighted by molar-refractivity contribution is 9.10. The molecule has 0 nitrogen and oxygen atoms in total. The van der Waals surface area contributed by atoms with Crippen LogP contribution in [0.3, 0.4) is 0 Å². The van der Waals surface area contributed by atoms with Crippen LogP contribution in [0, 0.1) is 12.3 Å².